The van der Waals surface area contributed by atoms with Gasteiger partial charge in [-0.05, 0) is 0 Å². The molecule has 1 aromatic heterocycles. The SMILES string of the molecule is Nc1ncnc(C2CSC2)n1. The van der Waals surface area contributed by atoms with E-state index < -0.39 is 0 Å². The smallest absolute Gasteiger partial charge is 0.223 e. The summed E-state index contributed by atoms with van der Waals surface area (Å²) in [6.07, 6.45) is 1.47. The number of hydrogen-bond acceptors (Lipinski definition) is 5. The lowest BCUT2D eigenvalue weighted by atomic mass is 10.2. The number of aromatic nitrogens is 3. The molecule has 2 heterocycles. The molecule has 1 fully saturated rings. The van der Waals surface area contributed by atoms with Gasteiger partial charge in [0.15, 0.2) is 0 Å². The summed E-state index contributed by atoms with van der Waals surface area (Å²) in [5, 5.41) is 0. The fraction of sp³-hybridized carbons (Fsp3) is 0.500. The summed E-state index contributed by atoms with van der Waals surface area (Å²) < 4.78 is 0. The summed E-state index contributed by atoms with van der Waals surface area (Å²) in [5.41, 5.74) is 5.41. The third-order valence-corrected chi connectivity index (χ3v) is 2.89. The molecule has 0 bridgehead atoms. The topological polar surface area (TPSA) is 64.7 Å². The predicted molar refractivity (Wildman–Crippen MR) is 44.3 cm³/mol. The first-order chi connectivity index (χ1) is 5.36. The lowest BCUT2D eigenvalue weighted by Gasteiger charge is -2.22. The molecule has 2 N–H and O–H groups in total. The number of anilines is 1. The van der Waals surface area contributed by atoms with Gasteiger partial charge in [0.2, 0.25) is 5.95 Å². The number of nitrogens with zero attached hydrogens (tertiary/aromatic N) is 3. The minimum atomic E-state index is 0.326. The highest BCUT2D eigenvalue weighted by molar-refractivity contribution is 8.00. The summed E-state index contributed by atoms with van der Waals surface area (Å²) in [6, 6.07) is 0. The molecule has 1 aliphatic heterocycles. The van der Waals surface area contributed by atoms with Crippen LogP contribution >= 0.6 is 11.8 Å². The molecule has 2 rings (SSSR count). The van der Waals surface area contributed by atoms with Gasteiger partial charge < -0.3 is 5.73 Å². The van der Waals surface area contributed by atoms with Gasteiger partial charge >= 0.3 is 0 Å². The van der Waals surface area contributed by atoms with Crippen molar-refractivity contribution in [1.82, 2.24) is 15.0 Å². The molecule has 1 saturated heterocycles. The van der Waals surface area contributed by atoms with E-state index in [4.69, 9.17) is 5.73 Å². The summed E-state index contributed by atoms with van der Waals surface area (Å²) in [7, 11) is 0. The van der Waals surface area contributed by atoms with Crippen LogP contribution in [0, 0.1) is 0 Å². The van der Waals surface area contributed by atoms with E-state index in [9.17, 15) is 0 Å². The highest BCUT2D eigenvalue weighted by atomic mass is 32.2. The summed E-state index contributed by atoms with van der Waals surface area (Å²) in [6.45, 7) is 0. The molecule has 0 amide bonds. The first kappa shape index (κ1) is 6.84. The zero-order valence-corrected chi connectivity index (χ0v) is 6.71. The molecule has 58 valence electrons. The van der Waals surface area contributed by atoms with Gasteiger partial charge in [-0.15, -0.1) is 0 Å². The van der Waals surface area contributed by atoms with Crippen LogP contribution in [-0.2, 0) is 0 Å². The molecule has 0 radical (unpaired) electrons. The Morgan fingerprint density at radius 2 is 2.27 bits per heavy atom. The van der Waals surface area contributed by atoms with Gasteiger partial charge in [0.05, 0.1) is 0 Å². The third kappa shape index (κ3) is 1.28. The quantitative estimate of drug-likeness (QED) is 0.652. The number of rotatable bonds is 1. The highest BCUT2D eigenvalue weighted by Gasteiger charge is 2.22. The Labute approximate surface area is 68.6 Å². The normalized spacial score (nSPS) is 17.8. The zero-order chi connectivity index (χ0) is 7.68. The van der Waals surface area contributed by atoms with Crippen LogP contribution in [0.2, 0.25) is 0 Å². The number of nitrogen functional groups attached to an aromatic ring is 1. The van der Waals surface area contributed by atoms with Crippen LogP contribution in [0.25, 0.3) is 0 Å². The number of hydrogen-bond donors (Lipinski definition) is 1. The fourth-order valence-electron chi connectivity index (χ4n) is 0.904. The number of thioether (sulfide) groups is 1. The van der Waals surface area contributed by atoms with Crippen molar-refractivity contribution in [2.75, 3.05) is 17.2 Å². The molecule has 0 atom stereocenters. The van der Waals surface area contributed by atoms with Crippen molar-refractivity contribution < 1.29 is 0 Å². The van der Waals surface area contributed by atoms with Crippen molar-refractivity contribution in [2.45, 2.75) is 5.92 Å². The standard InChI is InChI=1S/C6H8N4S/c7-6-9-3-8-5(10-6)4-1-11-2-4/h3-4H,1-2H2,(H2,7,8,9,10). The molecule has 1 aliphatic rings. The molecule has 0 spiro atoms. The van der Waals surface area contributed by atoms with E-state index in [1.54, 1.807) is 0 Å². The molecule has 4 nitrogen and oxygen atoms in total. The average molecular weight is 168 g/mol. The van der Waals surface area contributed by atoms with Crippen molar-refractivity contribution in [2.24, 2.45) is 0 Å². The van der Waals surface area contributed by atoms with Crippen molar-refractivity contribution in [3.05, 3.63) is 12.2 Å². The maximum Gasteiger partial charge on any atom is 0.223 e. The Balaban J connectivity index is 2.23. The predicted octanol–water partition coefficient (Wildman–Crippen LogP) is 0.284. The maximum atomic E-state index is 5.41. The molecule has 11 heavy (non-hydrogen) atoms. The Kier molecular flexibility index (Phi) is 1.65. The first-order valence-electron chi connectivity index (χ1n) is 3.38. The highest BCUT2D eigenvalue weighted by Crippen LogP contribution is 2.31. The molecule has 0 aromatic carbocycles. The van der Waals surface area contributed by atoms with Gasteiger partial charge in [0.25, 0.3) is 0 Å². The molecule has 0 aliphatic carbocycles. The van der Waals surface area contributed by atoms with Gasteiger partial charge in [-0.3, -0.25) is 0 Å². The Hall–Kier alpha value is -0.840. The largest absolute Gasteiger partial charge is 0.368 e. The van der Waals surface area contributed by atoms with Crippen molar-refractivity contribution in [3.63, 3.8) is 0 Å². The van der Waals surface area contributed by atoms with E-state index in [0.29, 0.717) is 11.9 Å². The van der Waals surface area contributed by atoms with Crippen LogP contribution in [0.4, 0.5) is 5.95 Å². The van der Waals surface area contributed by atoms with Crippen LogP contribution in [0.15, 0.2) is 6.33 Å². The van der Waals surface area contributed by atoms with Gasteiger partial charge in [0, 0.05) is 17.4 Å². The Morgan fingerprint density at radius 3 is 2.82 bits per heavy atom. The summed E-state index contributed by atoms with van der Waals surface area (Å²) in [4.78, 5) is 11.8. The second-order valence-electron chi connectivity index (χ2n) is 2.44. The number of nitrogens with two attached hydrogens (primary N) is 1. The van der Waals surface area contributed by atoms with E-state index in [2.05, 4.69) is 15.0 Å². The summed E-state index contributed by atoms with van der Waals surface area (Å²) in [5.74, 6) is 3.90. The lowest BCUT2D eigenvalue weighted by molar-refractivity contribution is 0.754. The fourth-order valence-corrected chi connectivity index (χ4v) is 1.67. The molecule has 1 aromatic rings. The van der Waals surface area contributed by atoms with Crippen LogP contribution in [0.3, 0.4) is 0 Å². The van der Waals surface area contributed by atoms with Crippen LogP contribution in [0.1, 0.15) is 11.7 Å². The molecule has 0 saturated carbocycles. The van der Waals surface area contributed by atoms with Gasteiger partial charge in [-0.2, -0.15) is 16.7 Å². The molecule has 5 heteroatoms. The minimum Gasteiger partial charge on any atom is -0.368 e. The summed E-state index contributed by atoms with van der Waals surface area (Å²) >= 11 is 1.90. The van der Waals surface area contributed by atoms with E-state index in [-0.39, 0.29) is 0 Å². The Bertz CT molecular complexity index is 261. The first-order valence-corrected chi connectivity index (χ1v) is 4.54. The van der Waals surface area contributed by atoms with Gasteiger partial charge in [-0.25, -0.2) is 9.97 Å². The second kappa shape index (κ2) is 2.65. The van der Waals surface area contributed by atoms with Gasteiger partial charge in [0.1, 0.15) is 12.2 Å². The zero-order valence-electron chi connectivity index (χ0n) is 5.90. The van der Waals surface area contributed by atoms with Crippen LogP contribution < -0.4 is 5.73 Å². The average Bonchev–Trinajstić information content (AvgIpc) is 1.83. The van der Waals surface area contributed by atoms with Gasteiger partial charge in [-0.1, -0.05) is 0 Å². The van der Waals surface area contributed by atoms with Crippen molar-refractivity contribution in [3.8, 4) is 0 Å². The Morgan fingerprint density at radius 1 is 1.45 bits per heavy atom. The minimum absolute atomic E-state index is 0.326. The van der Waals surface area contributed by atoms with E-state index in [0.717, 1.165) is 17.3 Å². The molecular formula is C6H8N4S. The van der Waals surface area contributed by atoms with Crippen molar-refractivity contribution in [1.29, 1.82) is 0 Å². The van der Waals surface area contributed by atoms with Crippen LogP contribution in [0.5, 0.6) is 0 Å². The maximum absolute atomic E-state index is 5.41. The van der Waals surface area contributed by atoms with Crippen LogP contribution in [-0.4, -0.2) is 26.5 Å². The van der Waals surface area contributed by atoms with E-state index in [1.165, 1.54) is 6.33 Å². The van der Waals surface area contributed by atoms with E-state index >= 15 is 0 Å². The third-order valence-electron chi connectivity index (χ3n) is 1.61. The molecule has 0 unspecified atom stereocenters. The second-order valence-corrected chi connectivity index (χ2v) is 3.51. The van der Waals surface area contributed by atoms with E-state index in [1.807, 2.05) is 11.8 Å². The monoisotopic (exact) mass is 168 g/mol. The molecular weight excluding hydrogens is 160 g/mol. The lowest BCUT2D eigenvalue weighted by Crippen LogP contribution is -2.19. The van der Waals surface area contributed by atoms with Crippen molar-refractivity contribution >= 4 is 17.7 Å².